The van der Waals surface area contributed by atoms with Crippen LogP contribution in [0.25, 0.3) is 0 Å². The average molecular weight is 157 g/mol. The molecule has 3 nitrogen and oxygen atoms in total. The number of hydrogen-bond acceptors (Lipinski definition) is 2. The Morgan fingerprint density at radius 1 is 1.45 bits per heavy atom. The molecule has 0 amide bonds. The van der Waals surface area contributed by atoms with Gasteiger partial charge in [0.2, 0.25) is 0 Å². The normalized spacial score (nSPS) is 11.4. The number of nitrogens with zero attached hydrogens (tertiary/aromatic N) is 1. The Morgan fingerprint density at radius 2 is 1.91 bits per heavy atom. The Labute approximate surface area is 67.3 Å². The van der Waals surface area contributed by atoms with E-state index < -0.39 is 5.97 Å². The van der Waals surface area contributed by atoms with Gasteiger partial charge in [0, 0.05) is 24.9 Å². The topological polar surface area (TPSA) is 40.5 Å². The largest absolute Gasteiger partial charge is 0.478 e. The fourth-order valence-corrected chi connectivity index (χ4v) is 0.735. The van der Waals surface area contributed by atoms with Crippen LogP contribution in [0.5, 0.6) is 0 Å². The summed E-state index contributed by atoms with van der Waals surface area (Å²) in [5.41, 5.74) is 0.383. The van der Waals surface area contributed by atoms with Gasteiger partial charge < -0.3 is 10.0 Å². The van der Waals surface area contributed by atoms with Crippen molar-refractivity contribution in [1.29, 1.82) is 0 Å². The lowest BCUT2D eigenvalue weighted by Crippen LogP contribution is -2.17. The van der Waals surface area contributed by atoms with Gasteiger partial charge in [-0.1, -0.05) is 0 Å². The van der Waals surface area contributed by atoms with Crippen molar-refractivity contribution < 1.29 is 9.90 Å². The molecule has 0 aliphatic heterocycles. The minimum atomic E-state index is -0.850. The van der Waals surface area contributed by atoms with E-state index in [0.29, 0.717) is 5.57 Å². The zero-order valence-electron chi connectivity index (χ0n) is 7.29. The van der Waals surface area contributed by atoms with Crippen LogP contribution in [0.4, 0.5) is 0 Å². The fraction of sp³-hybridized carbons (Fsp3) is 0.625. The minimum absolute atomic E-state index is 0.383. The highest BCUT2D eigenvalue weighted by atomic mass is 16.4. The molecule has 0 saturated heterocycles. The first-order chi connectivity index (χ1) is 5.11. The molecule has 11 heavy (non-hydrogen) atoms. The lowest BCUT2D eigenvalue weighted by molar-refractivity contribution is -0.132. The van der Waals surface area contributed by atoms with E-state index in [1.807, 2.05) is 18.7 Å². The van der Waals surface area contributed by atoms with Crippen molar-refractivity contribution in [1.82, 2.24) is 4.90 Å². The van der Waals surface area contributed by atoms with E-state index in [0.717, 1.165) is 13.1 Å². The van der Waals surface area contributed by atoms with Crippen LogP contribution >= 0.6 is 0 Å². The van der Waals surface area contributed by atoms with Crippen molar-refractivity contribution in [2.24, 2.45) is 0 Å². The van der Waals surface area contributed by atoms with Crippen LogP contribution in [0.15, 0.2) is 11.8 Å². The van der Waals surface area contributed by atoms with Gasteiger partial charge >= 0.3 is 5.97 Å². The van der Waals surface area contributed by atoms with Gasteiger partial charge in [0.1, 0.15) is 0 Å². The lowest BCUT2D eigenvalue weighted by Gasteiger charge is -2.15. The second kappa shape index (κ2) is 4.77. The molecule has 0 aliphatic rings. The molecule has 64 valence electrons. The van der Waals surface area contributed by atoms with Crippen LogP contribution in [0.3, 0.4) is 0 Å². The van der Waals surface area contributed by atoms with Crippen LogP contribution in [-0.4, -0.2) is 29.1 Å². The summed E-state index contributed by atoms with van der Waals surface area (Å²) in [7, 11) is 0. The Kier molecular flexibility index (Phi) is 4.34. The molecule has 0 aliphatic carbocycles. The first-order valence-electron chi connectivity index (χ1n) is 3.77. The molecule has 0 atom stereocenters. The van der Waals surface area contributed by atoms with Gasteiger partial charge in [-0.05, 0) is 20.8 Å². The third-order valence-corrected chi connectivity index (χ3v) is 1.53. The van der Waals surface area contributed by atoms with E-state index in [1.54, 1.807) is 13.1 Å². The summed E-state index contributed by atoms with van der Waals surface area (Å²) >= 11 is 0. The number of rotatable bonds is 4. The SMILES string of the molecule is CCN(C=C(C)C(=O)O)CC. The summed E-state index contributed by atoms with van der Waals surface area (Å²) in [5, 5.41) is 8.53. The Morgan fingerprint density at radius 3 is 2.18 bits per heavy atom. The third kappa shape index (κ3) is 3.65. The lowest BCUT2D eigenvalue weighted by atomic mass is 10.3. The van der Waals surface area contributed by atoms with E-state index >= 15 is 0 Å². The van der Waals surface area contributed by atoms with E-state index in [1.165, 1.54) is 0 Å². The van der Waals surface area contributed by atoms with Crippen LogP contribution in [0.1, 0.15) is 20.8 Å². The second-order valence-electron chi connectivity index (χ2n) is 2.34. The quantitative estimate of drug-likeness (QED) is 0.625. The molecule has 0 heterocycles. The molecule has 0 aromatic heterocycles. The molecular formula is C8H15NO2. The Balaban J connectivity index is 4.14. The van der Waals surface area contributed by atoms with E-state index in [2.05, 4.69) is 0 Å². The smallest absolute Gasteiger partial charge is 0.332 e. The van der Waals surface area contributed by atoms with Crippen molar-refractivity contribution >= 4 is 5.97 Å². The molecule has 0 aromatic carbocycles. The molecule has 0 saturated carbocycles. The molecule has 0 aromatic rings. The molecule has 0 rings (SSSR count). The summed E-state index contributed by atoms with van der Waals surface area (Å²) in [5.74, 6) is -0.850. The number of hydrogen-bond donors (Lipinski definition) is 1. The van der Waals surface area contributed by atoms with Gasteiger partial charge in [0.05, 0.1) is 0 Å². The summed E-state index contributed by atoms with van der Waals surface area (Å²) in [6, 6.07) is 0. The maximum Gasteiger partial charge on any atom is 0.332 e. The first-order valence-corrected chi connectivity index (χ1v) is 3.77. The van der Waals surface area contributed by atoms with E-state index in [9.17, 15) is 4.79 Å². The number of carboxylic acid groups (broad SMARTS) is 1. The number of carbonyl (C=O) groups is 1. The fourth-order valence-electron chi connectivity index (χ4n) is 0.735. The monoisotopic (exact) mass is 157 g/mol. The van der Waals surface area contributed by atoms with Gasteiger partial charge in [0.15, 0.2) is 0 Å². The molecule has 0 bridgehead atoms. The zero-order chi connectivity index (χ0) is 8.85. The second-order valence-corrected chi connectivity index (χ2v) is 2.34. The highest BCUT2D eigenvalue weighted by Gasteiger charge is 2.00. The van der Waals surface area contributed by atoms with Crippen molar-refractivity contribution in [2.75, 3.05) is 13.1 Å². The van der Waals surface area contributed by atoms with Crippen LogP contribution in [0.2, 0.25) is 0 Å². The molecule has 3 heteroatoms. The molecule has 0 unspecified atom stereocenters. The van der Waals surface area contributed by atoms with Crippen molar-refractivity contribution in [2.45, 2.75) is 20.8 Å². The Hall–Kier alpha value is -0.990. The standard InChI is InChI=1S/C8H15NO2/c1-4-9(5-2)6-7(3)8(10)11/h6H,4-5H2,1-3H3,(H,10,11). The summed E-state index contributed by atoms with van der Waals surface area (Å²) < 4.78 is 0. The van der Waals surface area contributed by atoms with Gasteiger partial charge in [-0.3, -0.25) is 0 Å². The predicted molar refractivity (Wildman–Crippen MR) is 44.3 cm³/mol. The number of aliphatic carboxylic acids is 1. The summed E-state index contributed by atoms with van der Waals surface area (Å²) in [4.78, 5) is 12.3. The third-order valence-electron chi connectivity index (χ3n) is 1.53. The van der Waals surface area contributed by atoms with Gasteiger partial charge in [-0.25, -0.2) is 4.79 Å². The molecule has 0 spiro atoms. The van der Waals surface area contributed by atoms with E-state index in [4.69, 9.17) is 5.11 Å². The maximum absolute atomic E-state index is 10.4. The maximum atomic E-state index is 10.4. The van der Waals surface area contributed by atoms with Crippen molar-refractivity contribution in [3.63, 3.8) is 0 Å². The number of carboxylic acids is 1. The molecule has 0 radical (unpaired) electrons. The predicted octanol–water partition coefficient (Wildman–Crippen LogP) is 1.32. The first kappa shape index (κ1) is 10.0. The highest BCUT2D eigenvalue weighted by Crippen LogP contribution is 1.96. The van der Waals surface area contributed by atoms with Crippen LogP contribution < -0.4 is 0 Å². The summed E-state index contributed by atoms with van der Waals surface area (Å²) in [6.07, 6.45) is 1.67. The van der Waals surface area contributed by atoms with Gasteiger partial charge in [-0.2, -0.15) is 0 Å². The van der Waals surface area contributed by atoms with Gasteiger partial charge in [-0.15, -0.1) is 0 Å². The van der Waals surface area contributed by atoms with Crippen LogP contribution in [0, 0.1) is 0 Å². The highest BCUT2D eigenvalue weighted by molar-refractivity contribution is 5.85. The van der Waals surface area contributed by atoms with Gasteiger partial charge in [0.25, 0.3) is 0 Å². The zero-order valence-corrected chi connectivity index (χ0v) is 7.29. The van der Waals surface area contributed by atoms with Crippen molar-refractivity contribution in [3.8, 4) is 0 Å². The average Bonchev–Trinajstić information content (AvgIpc) is 1.99. The molecular weight excluding hydrogens is 142 g/mol. The Bertz CT molecular complexity index is 159. The van der Waals surface area contributed by atoms with E-state index in [-0.39, 0.29) is 0 Å². The summed E-state index contributed by atoms with van der Waals surface area (Å²) in [6.45, 7) is 7.28. The van der Waals surface area contributed by atoms with Crippen molar-refractivity contribution in [3.05, 3.63) is 11.8 Å². The molecule has 0 fully saturated rings. The van der Waals surface area contributed by atoms with Crippen LogP contribution in [-0.2, 0) is 4.79 Å². The molecule has 1 N–H and O–H groups in total. The minimum Gasteiger partial charge on any atom is -0.478 e.